The molecule has 2 aliphatic rings. The molecule has 1 aromatic carbocycles. The number of nitrogens with one attached hydrogen (secondary N) is 1. The minimum Gasteiger partial charge on any atom is -0.369 e. The number of hydrogen-bond donors (Lipinski definition) is 1. The Balaban J connectivity index is 1.89. The first-order valence-electron chi connectivity index (χ1n) is 5.44. The molecule has 1 heterocycles. The second-order valence-corrected chi connectivity index (χ2v) is 5.70. The van der Waals surface area contributed by atoms with Crippen LogP contribution in [0.3, 0.4) is 0 Å². The molecule has 74 valence electrons. The molecule has 0 saturated heterocycles. The van der Waals surface area contributed by atoms with Crippen molar-refractivity contribution in [2.45, 2.75) is 41.9 Å². The summed E-state index contributed by atoms with van der Waals surface area (Å²) < 4.78 is 0. The first-order chi connectivity index (χ1) is 6.88. The van der Waals surface area contributed by atoms with Gasteiger partial charge in [-0.1, -0.05) is 43.2 Å². The zero-order chi connectivity index (χ0) is 9.43. The molecule has 1 spiro atoms. The molecule has 1 saturated carbocycles. The highest BCUT2D eigenvalue weighted by Gasteiger charge is 2.38. The van der Waals surface area contributed by atoms with E-state index in [0.717, 1.165) is 0 Å². The van der Waals surface area contributed by atoms with Crippen LogP contribution in [0.1, 0.15) is 32.1 Å². The summed E-state index contributed by atoms with van der Waals surface area (Å²) in [4.78, 5) is 1.79. The van der Waals surface area contributed by atoms with Crippen molar-refractivity contribution in [2.24, 2.45) is 0 Å². The van der Waals surface area contributed by atoms with E-state index >= 15 is 0 Å². The lowest BCUT2D eigenvalue weighted by Crippen LogP contribution is -2.33. The van der Waals surface area contributed by atoms with Gasteiger partial charge in [-0.3, -0.25) is 0 Å². The van der Waals surface area contributed by atoms with Gasteiger partial charge < -0.3 is 5.32 Å². The van der Waals surface area contributed by atoms with E-state index in [-0.39, 0.29) is 0 Å². The molecule has 14 heavy (non-hydrogen) atoms. The summed E-state index contributed by atoms with van der Waals surface area (Å²) in [6.45, 7) is 0. The molecule has 1 nitrogen and oxygen atoms in total. The molecule has 2 heteroatoms. The molecule has 3 rings (SSSR count). The van der Waals surface area contributed by atoms with Crippen LogP contribution in [0.15, 0.2) is 29.2 Å². The van der Waals surface area contributed by atoms with Gasteiger partial charge in [0.25, 0.3) is 0 Å². The number of anilines is 1. The van der Waals surface area contributed by atoms with Crippen molar-refractivity contribution in [2.75, 3.05) is 5.32 Å². The normalized spacial score (nSPS) is 23.1. The smallest absolute Gasteiger partial charge is 0.0880 e. The number of para-hydroxylation sites is 1. The molecule has 0 aromatic heterocycles. The van der Waals surface area contributed by atoms with Crippen LogP contribution >= 0.6 is 11.8 Å². The molecule has 0 unspecified atom stereocenters. The van der Waals surface area contributed by atoms with Gasteiger partial charge in [-0.05, 0) is 25.0 Å². The van der Waals surface area contributed by atoms with Crippen LogP contribution in [-0.4, -0.2) is 4.87 Å². The van der Waals surface area contributed by atoms with Crippen LogP contribution in [0.25, 0.3) is 0 Å². The lowest BCUT2D eigenvalue weighted by atomic mass is 9.94. The molecular weight excluding hydrogens is 190 g/mol. The fraction of sp³-hybridized carbons (Fsp3) is 0.500. The van der Waals surface area contributed by atoms with Gasteiger partial charge >= 0.3 is 0 Å². The van der Waals surface area contributed by atoms with Gasteiger partial charge in [-0.2, -0.15) is 0 Å². The summed E-state index contributed by atoms with van der Waals surface area (Å²) in [7, 11) is 0. The van der Waals surface area contributed by atoms with Crippen LogP contribution < -0.4 is 5.32 Å². The average Bonchev–Trinajstić information content (AvgIpc) is 2.56. The van der Waals surface area contributed by atoms with E-state index in [1.807, 2.05) is 11.8 Å². The lowest BCUT2D eigenvalue weighted by Gasteiger charge is -2.32. The second-order valence-electron chi connectivity index (χ2n) is 4.28. The van der Waals surface area contributed by atoms with E-state index in [1.54, 1.807) is 0 Å². The first-order valence-corrected chi connectivity index (χ1v) is 6.26. The molecule has 1 N–H and O–H groups in total. The summed E-state index contributed by atoms with van der Waals surface area (Å²) in [6, 6.07) is 8.69. The highest BCUT2D eigenvalue weighted by atomic mass is 32.2. The highest BCUT2D eigenvalue weighted by Crippen LogP contribution is 2.51. The fourth-order valence-electron chi connectivity index (χ4n) is 2.49. The summed E-state index contributed by atoms with van der Waals surface area (Å²) in [5.74, 6) is 0. The Kier molecular flexibility index (Phi) is 1.98. The Morgan fingerprint density at radius 1 is 1.07 bits per heavy atom. The van der Waals surface area contributed by atoms with E-state index in [9.17, 15) is 0 Å². The largest absolute Gasteiger partial charge is 0.369 e. The molecule has 0 radical (unpaired) electrons. The van der Waals surface area contributed by atoms with Crippen molar-refractivity contribution in [1.29, 1.82) is 0 Å². The summed E-state index contributed by atoms with van der Waals surface area (Å²) in [5, 5.41) is 3.71. The predicted octanol–water partition coefficient (Wildman–Crippen LogP) is 3.86. The van der Waals surface area contributed by atoms with Crippen molar-refractivity contribution in [3.63, 3.8) is 0 Å². The summed E-state index contributed by atoms with van der Waals surface area (Å²) in [5.41, 5.74) is 1.35. The maximum atomic E-state index is 3.71. The Labute approximate surface area is 89.3 Å². The zero-order valence-electron chi connectivity index (χ0n) is 8.25. The minimum atomic E-state index is 0.349. The number of rotatable bonds is 0. The van der Waals surface area contributed by atoms with Gasteiger partial charge in [0.1, 0.15) is 0 Å². The van der Waals surface area contributed by atoms with Gasteiger partial charge in [0.05, 0.1) is 4.87 Å². The lowest BCUT2D eigenvalue weighted by molar-refractivity contribution is 0.434. The van der Waals surface area contributed by atoms with Crippen molar-refractivity contribution >= 4 is 17.4 Å². The third-order valence-corrected chi connectivity index (χ3v) is 4.69. The maximum Gasteiger partial charge on any atom is 0.0880 e. The SMILES string of the molecule is c1ccc2c(c1)NC1(CCCCC1)S2. The predicted molar refractivity (Wildman–Crippen MR) is 61.7 cm³/mol. The van der Waals surface area contributed by atoms with Crippen LogP contribution in [-0.2, 0) is 0 Å². The Morgan fingerprint density at radius 2 is 1.86 bits per heavy atom. The van der Waals surface area contributed by atoms with E-state index < -0.39 is 0 Å². The second kappa shape index (κ2) is 3.20. The molecule has 0 bridgehead atoms. The molecular formula is C12H15NS. The Bertz CT molecular complexity index is 315. The van der Waals surface area contributed by atoms with Crippen LogP contribution in [0, 0.1) is 0 Å². The third-order valence-electron chi connectivity index (χ3n) is 3.22. The Morgan fingerprint density at radius 3 is 2.64 bits per heavy atom. The third kappa shape index (κ3) is 1.33. The van der Waals surface area contributed by atoms with E-state index in [0.29, 0.717) is 4.87 Å². The fourth-order valence-corrected chi connectivity index (χ4v) is 3.94. The number of fused-ring (bicyclic) bond motifs is 1. The van der Waals surface area contributed by atoms with E-state index in [2.05, 4.69) is 29.6 Å². The highest BCUT2D eigenvalue weighted by molar-refractivity contribution is 8.01. The van der Waals surface area contributed by atoms with Gasteiger partial charge in [0.15, 0.2) is 0 Å². The van der Waals surface area contributed by atoms with Crippen molar-refractivity contribution in [1.82, 2.24) is 0 Å². The molecule has 0 amide bonds. The van der Waals surface area contributed by atoms with Crippen molar-refractivity contribution in [3.8, 4) is 0 Å². The topological polar surface area (TPSA) is 12.0 Å². The summed E-state index contributed by atoms with van der Waals surface area (Å²) >= 11 is 2.05. The summed E-state index contributed by atoms with van der Waals surface area (Å²) in [6.07, 6.45) is 6.83. The van der Waals surface area contributed by atoms with Crippen LogP contribution in [0.2, 0.25) is 0 Å². The molecule has 1 aromatic rings. The van der Waals surface area contributed by atoms with Crippen LogP contribution in [0.4, 0.5) is 5.69 Å². The number of thioether (sulfide) groups is 1. The maximum absolute atomic E-state index is 3.71. The zero-order valence-corrected chi connectivity index (χ0v) is 9.07. The molecule has 1 aliphatic heterocycles. The first kappa shape index (κ1) is 8.66. The van der Waals surface area contributed by atoms with Gasteiger partial charge in [0.2, 0.25) is 0 Å². The molecule has 0 atom stereocenters. The molecule has 1 aliphatic carbocycles. The molecule has 1 fully saturated rings. The van der Waals surface area contributed by atoms with Crippen molar-refractivity contribution in [3.05, 3.63) is 24.3 Å². The minimum absolute atomic E-state index is 0.349. The van der Waals surface area contributed by atoms with Gasteiger partial charge in [-0.15, -0.1) is 0 Å². The van der Waals surface area contributed by atoms with E-state index in [4.69, 9.17) is 0 Å². The number of hydrogen-bond acceptors (Lipinski definition) is 2. The van der Waals surface area contributed by atoms with Crippen molar-refractivity contribution < 1.29 is 0 Å². The standard InChI is InChI=1S/C12H15NS/c1-4-8-12(9-5-1)13-10-6-2-3-7-11(10)14-12/h2-3,6-7,13H,1,4-5,8-9H2. The quantitative estimate of drug-likeness (QED) is 0.690. The average molecular weight is 205 g/mol. The van der Waals surface area contributed by atoms with Gasteiger partial charge in [-0.25, -0.2) is 0 Å². The van der Waals surface area contributed by atoms with Crippen LogP contribution in [0.5, 0.6) is 0 Å². The van der Waals surface area contributed by atoms with E-state index in [1.165, 1.54) is 42.7 Å². The number of benzene rings is 1. The monoisotopic (exact) mass is 205 g/mol. The Hall–Kier alpha value is -0.630. The van der Waals surface area contributed by atoms with Gasteiger partial charge in [0, 0.05) is 10.6 Å².